The molecular formula is C35H49NO5. The molecule has 2 aromatic carbocycles. The molecule has 0 unspecified atom stereocenters. The number of imide groups is 1. The number of ether oxygens (including phenoxy) is 3. The normalized spacial score (nSPS) is 16.4. The molecule has 3 atom stereocenters. The van der Waals surface area contributed by atoms with Gasteiger partial charge in [0, 0.05) is 0 Å². The summed E-state index contributed by atoms with van der Waals surface area (Å²) < 4.78 is 17.6. The Morgan fingerprint density at radius 2 is 1.49 bits per heavy atom. The number of cyclic esters (lactones) is 1. The third-order valence-electron chi connectivity index (χ3n) is 7.69. The van der Waals surface area contributed by atoms with Crippen LogP contribution in [0, 0.1) is 0 Å². The smallest absolute Gasteiger partial charge is 0.417 e. The van der Waals surface area contributed by atoms with E-state index in [0.717, 1.165) is 30.4 Å². The Morgan fingerprint density at radius 1 is 0.902 bits per heavy atom. The summed E-state index contributed by atoms with van der Waals surface area (Å²) in [7, 11) is 0. The monoisotopic (exact) mass is 563 g/mol. The Balaban J connectivity index is 1.52. The highest BCUT2D eigenvalue weighted by atomic mass is 16.6. The third kappa shape index (κ3) is 11.8. The summed E-state index contributed by atoms with van der Waals surface area (Å²) in [5.74, 6) is -0.382. The van der Waals surface area contributed by atoms with E-state index in [1.54, 1.807) is 6.08 Å². The number of nitrogens with zero attached hydrogens (tertiary/aromatic N) is 1. The van der Waals surface area contributed by atoms with Gasteiger partial charge in [-0.1, -0.05) is 138 Å². The van der Waals surface area contributed by atoms with Crippen molar-refractivity contribution in [2.45, 2.75) is 109 Å². The first-order valence-corrected chi connectivity index (χ1v) is 15.5. The van der Waals surface area contributed by atoms with Crippen LogP contribution in [0.3, 0.4) is 0 Å². The van der Waals surface area contributed by atoms with Gasteiger partial charge in [-0.25, -0.2) is 9.69 Å². The molecule has 0 N–H and O–H groups in total. The minimum absolute atomic E-state index is 0.191. The van der Waals surface area contributed by atoms with Crippen molar-refractivity contribution in [2.75, 3.05) is 13.2 Å². The lowest BCUT2D eigenvalue weighted by Crippen LogP contribution is -2.43. The lowest BCUT2D eigenvalue weighted by Gasteiger charge is -2.27. The lowest BCUT2D eigenvalue weighted by atomic mass is 10.0. The van der Waals surface area contributed by atoms with Gasteiger partial charge in [0.25, 0.3) is 5.91 Å². The van der Waals surface area contributed by atoms with E-state index < -0.39 is 6.09 Å². The van der Waals surface area contributed by atoms with Gasteiger partial charge in [-0.05, 0) is 24.0 Å². The van der Waals surface area contributed by atoms with Crippen molar-refractivity contribution < 1.29 is 23.8 Å². The fourth-order valence-electron chi connectivity index (χ4n) is 5.32. The highest BCUT2D eigenvalue weighted by Crippen LogP contribution is 2.21. The molecule has 1 aliphatic heterocycles. The average Bonchev–Trinajstić information content (AvgIpc) is 3.36. The van der Waals surface area contributed by atoms with Crippen LogP contribution in [0.4, 0.5) is 4.79 Å². The maximum atomic E-state index is 13.2. The summed E-state index contributed by atoms with van der Waals surface area (Å²) in [6.07, 6.45) is 14.2. The van der Waals surface area contributed by atoms with Crippen LogP contribution in [0.5, 0.6) is 0 Å². The van der Waals surface area contributed by atoms with Crippen LogP contribution in [-0.4, -0.2) is 48.4 Å². The molecular weight excluding hydrogens is 514 g/mol. The zero-order valence-corrected chi connectivity index (χ0v) is 24.9. The van der Waals surface area contributed by atoms with E-state index >= 15 is 0 Å². The molecule has 1 fully saturated rings. The van der Waals surface area contributed by atoms with Gasteiger partial charge in [0.2, 0.25) is 0 Å². The van der Waals surface area contributed by atoms with Crippen LogP contribution in [0.25, 0.3) is 0 Å². The van der Waals surface area contributed by atoms with E-state index in [0.29, 0.717) is 13.0 Å². The molecule has 1 aliphatic rings. The Labute approximate surface area is 247 Å². The standard InChI is InChI=1S/C35H49NO5/c1-3-5-6-7-8-9-10-11-12-19-24-33(32(4-2)39-26-30-22-17-14-18-23-30)40-28-34(37)36-31(27-41-35(36)38)25-29-20-15-13-16-21-29/h4,13-18,20-23,31-33H,2-3,5-12,19,24-28H2,1H3/t31-,32+,33+/m0/s1. The van der Waals surface area contributed by atoms with Gasteiger partial charge < -0.3 is 14.2 Å². The number of hydrogen-bond donors (Lipinski definition) is 0. The van der Waals surface area contributed by atoms with Crippen LogP contribution in [0.1, 0.15) is 88.7 Å². The summed E-state index contributed by atoms with van der Waals surface area (Å²) >= 11 is 0. The van der Waals surface area contributed by atoms with E-state index in [4.69, 9.17) is 14.2 Å². The fraction of sp³-hybridized carbons (Fsp3) is 0.543. The maximum absolute atomic E-state index is 13.2. The van der Waals surface area contributed by atoms with Crippen LogP contribution in [0.2, 0.25) is 0 Å². The zero-order chi connectivity index (χ0) is 29.1. The third-order valence-corrected chi connectivity index (χ3v) is 7.69. The predicted molar refractivity (Wildman–Crippen MR) is 164 cm³/mol. The summed E-state index contributed by atoms with van der Waals surface area (Å²) in [5, 5.41) is 0. The van der Waals surface area contributed by atoms with Crippen molar-refractivity contribution in [1.29, 1.82) is 0 Å². The largest absolute Gasteiger partial charge is 0.447 e. The number of rotatable bonds is 21. The first-order valence-electron chi connectivity index (χ1n) is 15.5. The van der Waals surface area contributed by atoms with Crippen molar-refractivity contribution in [3.8, 4) is 0 Å². The Hall–Kier alpha value is -2.96. The second-order valence-corrected chi connectivity index (χ2v) is 11.0. The molecule has 3 rings (SSSR count). The fourth-order valence-corrected chi connectivity index (χ4v) is 5.32. The number of hydrogen-bond acceptors (Lipinski definition) is 5. The van der Waals surface area contributed by atoms with Crippen molar-refractivity contribution >= 4 is 12.0 Å². The second-order valence-electron chi connectivity index (χ2n) is 11.0. The SMILES string of the molecule is C=C[C@@H](OCc1ccccc1)[C@@H](CCCCCCCCCCCC)OCC(=O)N1C(=O)OC[C@@H]1Cc1ccccc1. The van der Waals surface area contributed by atoms with Crippen molar-refractivity contribution in [3.05, 3.63) is 84.4 Å². The van der Waals surface area contributed by atoms with Crippen LogP contribution >= 0.6 is 0 Å². The quantitative estimate of drug-likeness (QED) is 0.114. The molecule has 6 heteroatoms. The molecule has 0 saturated carbocycles. The molecule has 0 radical (unpaired) electrons. The highest BCUT2D eigenvalue weighted by Gasteiger charge is 2.38. The second kappa shape index (κ2) is 19.2. The van der Waals surface area contributed by atoms with Crippen molar-refractivity contribution in [3.63, 3.8) is 0 Å². The highest BCUT2D eigenvalue weighted by molar-refractivity contribution is 5.94. The van der Waals surface area contributed by atoms with E-state index in [9.17, 15) is 9.59 Å². The summed E-state index contributed by atoms with van der Waals surface area (Å²) in [5.41, 5.74) is 2.12. The van der Waals surface area contributed by atoms with Crippen LogP contribution < -0.4 is 0 Å². The molecule has 224 valence electrons. The van der Waals surface area contributed by atoms with E-state index in [2.05, 4.69) is 13.5 Å². The molecule has 1 heterocycles. The summed E-state index contributed by atoms with van der Waals surface area (Å²) in [4.78, 5) is 26.9. The van der Waals surface area contributed by atoms with Gasteiger partial charge >= 0.3 is 6.09 Å². The summed E-state index contributed by atoms with van der Waals surface area (Å²) in [6.45, 7) is 6.66. The first kappa shape index (κ1) is 32.6. The number of carbonyl (C=O) groups excluding carboxylic acids is 2. The molecule has 2 amide bonds. The number of amides is 2. The average molecular weight is 564 g/mol. The molecule has 0 aromatic heterocycles. The number of benzene rings is 2. The Bertz CT molecular complexity index is 1010. The number of unbranched alkanes of at least 4 members (excludes halogenated alkanes) is 9. The Morgan fingerprint density at radius 3 is 2.10 bits per heavy atom. The van der Waals surface area contributed by atoms with Gasteiger partial charge in [-0.2, -0.15) is 0 Å². The molecule has 1 saturated heterocycles. The van der Waals surface area contributed by atoms with Gasteiger partial charge in [0.05, 0.1) is 18.8 Å². The Kier molecular flexibility index (Phi) is 15.3. The van der Waals surface area contributed by atoms with Crippen molar-refractivity contribution in [2.24, 2.45) is 0 Å². The lowest BCUT2D eigenvalue weighted by molar-refractivity contribution is -0.140. The molecule has 0 aliphatic carbocycles. The first-order chi connectivity index (χ1) is 20.1. The molecule has 6 nitrogen and oxygen atoms in total. The molecule has 41 heavy (non-hydrogen) atoms. The number of carbonyl (C=O) groups is 2. The minimum atomic E-state index is -0.605. The van der Waals surface area contributed by atoms with Gasteiger partial charge in [-0.3, -0.25) is 4.79 Å². The summed E-state index contributed by atoms with van der Waals surface area (Å²) in [6, 6.07) is 19.5. The van der Waals surface area contributed by atoms with Crippen LogP contribution in [-0.2, 0) is 32.0 Å². The molecule has 0 spiro atoms. The van der Waals surface area contributed by atoms with Gasteiger partial charge in [-0.15, -0.1) is 6.58 Å². The molecule has 0 bridgehead atoms. The molecule has 2 aromatic rings. The topological polar surface area (TPSA) is 65.1 Å². The van der Waals surface area contributed by atoms with E-state index in [-0.39, 0.29) is 37.4 Å². The zero-order valence-electron chi connectivity index (χ0n) is 24.9. The predicted octanol–water partition coefficient (Wildman–Crippen LogP) is 8.04. The van der Waals surface area contributed by atoms with Gasteiger partial charge in [0.1, 0.15) is 19.3 Å². The van der Waals surface area contributed by atoms with E-state index in [1.165, 1.54) is 56.3 Å². The minimum Gasteiger partial charge on any atom is -0.447 e. The van der Waals surface area contributed by atoms with Crippen LogP contribution in [0.15, 0.2) is 73.3 Å². The maximum Gasteiger partial charge on any atom is 0.417 e. The van der Waals surface area contributed by atoms with E-state index in [1.807, 2.05) is 60.7 Å². The van der Waals surface area contributed by atoms with Gasteiger partial charge in [0.15, 0.2) is 0 Å². The van der Waals surface area contributed by atoms with Crippen molar-refractivity contribution in [1.82, 2.24) is 4.90 Å².